The van der Waals surface area contributed by atoms with Crippen LogP contribution in [0.2, 0.25) is 0 Å². The molecular formula is C20H19NO6. The van der Waals surface area contributed by atoms with Gasteiger partial charge in [0.2, 0.25) is 0 Å². The van der Waals surface area contributed by atoms with Crippen LogP contribution in [0.5, 0.6) is 11.5 Å². The van der Waals surface area contributed by atoms with Crippen molar-refractivity contribution in [2.75, 3.05) is 6.54 Å². The molecule has 0 atom stereocenters. The quantitative estimate of drug-likeness (QED) is 0.318. The minimum absolute atomic E-state index is 0.241. The first-order chi connectivity index (χ1) is 13.0. The molecule has 0 radical (unpaired) electrons. The maximum atomic E-state index is 12.4. The molecule has 1 N–H and O–H groups in total. The minimum Gasteiger partial charge on any atom is -0.426 e. The Kier molecular flexibility index (Phi) is 5.40. The molecule has 7 nitrogen and oxygen atoms in total. The Hall–Kier alpha value is -3.35. The summed E-state index contributed by atoms with van der Waals surface area (Å²) in [7, 11) is 0. The van der Waals surface area contributed by atoms with E-state index in [4.69, 9.17) is 13.9 Å². The Balaban J connectivity index is 2.00. The van der Waals surface area contributed by atoms with Crippen LogP contribution in [-0.4, -0.2) is 18.6 Å². The van der Waals surface area contributed by atoms with E-state index in [1.807, 2.05) is 6.92 Å². The lowest BCUT2D eigenvalue weighted by atomic mass is 10.1. The van der Waals surface area contributed by atoms with E-state index in [1.54, 1.807) is 31.2 Å². The first kappa shape index (κ1) is 18.4. The highest BCUT2D eigenvalue weighted by Gasteiger charge is 2.12. The molecule has 140 valence electrons. The molecule has 0 saturated carbocycles. The minimum atomic E-state index is -0.597. The molecule has 1 heterocycles. The number of amides is 1. The number of hydrogen-bond donors (Lipinski definition) is 1. The zero-order valence-electron chi connectivity index (χ0n) is 15.0. The molecule has 1 aromatic heterocycles. The number of rotatable bonds is 5. The summed E-state index contributed by atoms with van der Waals surface area (Å²) in [6.07, 6.45) is 0.404. The Labute approximate surface area is 154 Å². The van der Waals surface area contributed by atoms with Gasteiger partial charge in [-0.3, -0.25) is 4.79 Å². The summed E-state index contributed by atoms with van der Waals surface area (Å²) in [5, 5.41) is 4.14. The third kappa shape index (κ3) is 4.08. The molecule has 7 heteroatoms. The molecule has 0 bridgehead atoms. The van der Waals surface area contributed by atoms with Gasteiger partial charge in [0.1, 0.15) is 17.1 Å². The number of carbonyl (C=O) groups excluding carboxylic acids is 2. The summed E-state index contributed by atoms with van der Waals surface area (Å²) >= 11 is 0. The highest BCUT2D eigenvalue weighted by molar-refractivity contribution is 6.05. The Morgan fingerprint density at radius 2 is 1.67 bits per heavy atom. The third-order valence-corrected chi connectivity index (χ3v) is 3.87. The van der Waals surface area contributed by atoms with Crippen LogP contribution in [0.4, 0.5) is 4.79 Å². The lowest BCUT2D eigenvalue weighted by Gasteiger charge is -2.08. The standard InChI is InChI=1S/C20H19NO6/c1-3-5-18(22)25-13-7-9-15-14-8-6-12(26-20(24)21-4-2)10-16(14)19(23)27-17(15)11-13/h6-11H,3-5H2,1-2H3,(H,21,24). The van der Waals surface area contributed by atoms with Gasteiger partial charge in [-0.05, 0) is 43.7 Å². The number of esters is 1. The van der Waals surface area contributed by atoms with Crippen LogP contribution >= 0.6 is 0 Å². The van der Waals surface area contributed by atoms with E-state index in [9.17, 15) is 14.4 Å². The van der Waals surface area contributed by atoms with Gasteiger partial charge in [0.25, 0.3) is 0 Å². The van der Waals surface area contributed by atoms with Gasteiger partial charge in [0, 0.05) is 29.8 Å². The Bertz CT molecular complexity index is 1070. The smallest absolute Gasteiger partial charge is 0.412 e. The van der Waals surface area contributed by atoms with Crippen molar-refractivity contribution in [3.05, 3.63) is 46.8 Å². The molecule has 27 heavy (non-hydrogen) atoms. The number of hydrogen-bond acceptors (Lipinski definition) is 6. The molecule has 2 aromatic carbocycles. The van der Waals surface area contributed by atoms with Crippen LogP contribution in [-0.2, 0) is 4.79 Å². The molecule has 0 spiro atoms. The van der Waals surface area contributed by atoms with Crippen molar-refractivity contribution in [1.82, 2.24) is 5.32 Å². The summed E-state index contributed by atoms with van der Waals surface area (Å²) in [6.45, 7) is 4.09. The molecule has 0 unspecified atom stereocenters. The molecule has 1 amide bonds. The third-order valence-electron chi connectivity index (χ3n) is 3.87. The molecule has 0 saturated heterocycles. The van der Waals surface area contributed by atoms with Crippen molar-refractivity contribution in [1.29, 1.82) is 0 Å². The second-order valence-electron chi connectivity index (χ2n) is 5.90. The number of nitrogens with one attached hydrogen (secondary N) is 1. The number of benzene rings is 2. The van der Waals surface area contributed by atoms with E-state index >= 15 is 0 Å². The van der Waals surface area contributed by atoms with Crippen molar-refractivity contribution >= 4 is 33.8 Å². The molecular weight excluding hydrogens is 350 g/mol. The molecule has 3 rings (SSSR count). The lowest BCUT2D eigenvalue weighted by Crippen LogP contribution is -2.26. The topological polar surface area (TPSA) is 94.8 Å². The van der Waals surface area contributed by atoms with Gasteiger partial charge in [0.05, 0.1) is 5.39 Å². The summed E-state index contributed by atoms with van der Waals surface area (Å²) in [5.74, 6) is 0.219. The predicted octanol–water partition coefficient (Wildman–Crippen LogP) is 3.76. The van der Waals surface area contributed by atoms with E-state index in [-0.39, 0.29) is 11.7 Å². The molecule has 3 aromatic rings. The Morgan fingerprint density at radius 3 is 2.37 bits per heavy atom. The van der Waals surface area contributed by atoms with Gasteiger partial charge < -0.3 is 19.2 Å². The van der Waals surface area contributed by atoms with Gasteiger partial charge >= 0.3 is 17.7 Å². The van der Waals surface area contributed by atoms with Crippen molar-refractivity contribution in [2.24, 2.45) is 0 Å². The van der Waals surface area contributed by atoms with Crippen molar-refractivity contribution in [2.45, 2.75) is 26.7 Å². The van der Waals surface area contributed by atoms with E-state index in [0.29, 0.717) is 46.9 Å². The zero-order valence-corrected chi connectivity index (χ0v) is 15.0. The van der Waals surface area contributed by atoms with Crippen molar-refractivity contribution < 1.29 is 23.5 Å². The Morgan fingerprint density at radius 1 is 0.963 bits per heavy atom. The van der Waals surface area contributed by atoms with Crippen LogP contribution in [0.3, 0.4) is 0 Å². The maximum absolute atomic E-state index is 12.4. The maximum Gasteiger partial charge on any atom is 0.412 e. The van der Waals surface area contributed by atoms with Crippen LogP contribution < -0.4 is 20.4 Å². The predicted molar refractivity (Wildman–Crippen MR) is 100 cm³/mol. The van der Waals surface area contributed by atoms with Gasteiger partial charge in [-0.1, -0.05) is 6.92 Å². The second kappa shape index (κ2) is 7.90. The van der Waals surface area contributed by atoms with E-state index < -0.39 is 11.7 Å². The largest absolute Gasteiger partial charge is 0.426 e. The monoisotopic (exact) mass is 369 g/mol. The second-order valence-corrected chi connectivity index (χ2v) is 5.90. The summed E-state index contributed by atoms with van der Waals surface area (Å²) in [5.41, 5.74) is -0.262. The van der Waals surface area contributed by atoms with Gasteiger partial charge in [0.15, 0.2) is 0 Å². The van der Waals surface area contributed by atoms with Crippen LogP contribution in [0, 0.1) is 0 Å². The first-order valence-electron chi connectivity index (χ1n) is 8.68. The molecule has 0 aliphatic heterocycles. The fraction of sp³-hybridized carbons (Fsp3) is 0.250. The molecule has 0 fully saturated rings. The highest BCUT2D eigenvalue weighted by atomic mass is 16.6. The summed E-state index contributed by atoms with van der Waals surface area (Å²) < 4.78 is 15.7. The number of ether oxygens (including phenoxy) is 2. The van der Waals surface area contributed by atoms with E-state index in [2.05, 4.69) is 5.32 Å². The van der Waals surface area contributed by atoms with Crippen LogP contribution in [0.15, 0.2) is 45.6 Å². The SMILES string of the molecule is CCCC(=O)Oc1ccc2c(c1)oc(=O)c1cc(OC(=O)NCC)ccc12. The van der Waals surface area contributed by atoms with Crippen LogP contribution in [0.25, 0.3) is 21.7 Å². The average Bonchev–Trinajstić information content (AvgIpc) is 2.62. The average molecular weight is 369 g/mol. The van der Waals surface area contributed by atoms with Crippen molar-refractivity contribution in [3.63, 3.8) is 0 Å². The zero-order chi connectivity index (χ0) is 19.4. The van der Waals surface area contributed by atoms with Gasteiger partial charge in [-0.2, -0.15) is 0 Å². The summed E-state index contributed by atoms with van der Waals surface area (Å²) in [4.78, 5) is 35.5. The fourth-order valence-corrected chi connectivity index (χ4v) is 2.69. The molecule has 0 aliphatic carbocycles. The molecule has 0 aliphatic rings. The number of carbonyl (C=O) groups is 2. The van der Waals surface area contributed by atoms with Crippen LogP contribution in [0.1, 0.15) is 26.7 Å². The van der Waals surface area contributed by atoms with Gasteiger partial charge in [-0.25, -0.2) is 9.59 Å². The number of fused-ring (bicyclic) bond motifs is 3. The fourth-order valence-electron chi connectivity index (χ4n) is 2.69. The van der Waals surface area contributed by atoms with Crippen molar-refractivity contribution in [3.8, 4) is 11.5 Å². The summed E-state index contributed by atoms with van der Waals surface area (Å²) in [6, 6.07) is 9.64. The van der Waals surface area contributed by atoms with Gasteiger partial charge in [-0.15, -0.1) is 0 Å². The normalized spacial score (nSPS) is 10.7. The van der Waals surface area contributed by atoms with E-state index in [0.717, 1.165) is 0 Å². The lowest BCUT2D eigenvalue weighted by molar-refractivity contribution is -0.134. The highest BCUT2D eigenvalue weighted by Crippen LogP contribution is 2.28. The van der Waals surface area contributed by atoms with E-state index in [1.165, 1.54) is 12.1 Å². The first-order valence-corrected chi connectivity index (χ1v) is 8.68.